The molecule has 3 nitrogen and oxygen atoms in total. The summed E-state index contributed by atoms with van der Waals surface area (Å²) in [5.41, 5.74) is 1.02. The Morgan fingerprint density at radius 1 is 1.38 bits per heavy atom. The lowest BCUT2D eigenvalue weighted by Gasteiger charge is -2.03. The number of ether oxygens (including phenoxy) is 1. The molecule has 1 aromatic rings. The average Bonchev–Trinajstić information content (AvgIpc) is 2.09. The van der Waals surface area contributed by atoms with Crippen LogP contribution in [0, 0.1) is 0 Å². The summed E-state index contributed by atoms with van der Waals surface area (Å²) in [5.74, 6) is 0.677. The summed E-state index contributed by atoms with van der Waals surface area (Å²) < 4.78 is 4.95. The normalized spacial score (nSPS) is 9.69. The molecule has 0 unspecified atom stereocenters. The Balaban J connectivity index is 0.00000144. The molecule has 0 aromatic heterocycles. The smallest absolute Gasteiger partial charge is 0.161 e. The third-order valence-electron chi connectivity index (χ3n) is 1.56. The van der Waals surface area contributed by atoms with E-state index < -0.39 is 0 Å². The van der Waals surface area contributed by atoms with Crippen molar-refractivity contribution in [1.29, 1.82) is 0 Å². The van der Waals surface area contributed by atoms with Crippen LogP contribution in [0.25, 0.3) is 6.08 Å². The summed E-state index contributed by atoms with van der Waals surface area (Å²) in [5, 5.41) is 9.25. The largest absolute Gasteiger partial charge is 0.504 e. The van der Waals surface area contributed by atoms with Crippen molar-refractivity contribution in [1.82, 2.24) is 0 Å². The first-order valence-corrected chi connectivity index (χ1v) is 3.77. The Kier molecular flexibility index (Phi) is 4.62. The van der Waals surface area contributed by atoms with Crippen molar-refractivity contribution in [2.24, 2.45) is 0 Å². The van der Waals surface area contributed by atoms with Gasteiger partial charge in [0.25, 0.3) is 0 Å². The van der Waals surface area contributed by atoms with Crippen molar-refractivity contribution < 1.29 is 15.3 Å². The predicted molar refractivity (Wildman–Crippen MR) is 53.0 cm³/mol. The zero-order chi connectivity index (χ0) is 8.97. The van der Waals surface area contributed by atoms with Crippen molar-refractivity contribution in [2.45, 2.75) is 6.92 Å². The molecule has 0 bridgehead atoms. The number of hydrogen-bond acceptors (Lipinski definition) is 2. The second-order valence-corrected chi connectivity index (χ2v) is 2.43. The lowest BCUT2D eigenvalue weighted by molar-refractivity contribution is 0.373. The molecule has 0 saturated carbocycles. The van der Waals surface area contributed by atoms with Crippen LogP contribution in [0.2, 0.25) is 0 Å². The molecule has 0 spiro atoms. The van der Waals surface area contributed by atoms with Crippen LogP contribution < -0.4 is 4.74 Å². The molecule has 0 atom stereocenters. The maximum atomic E-state index is 9.25. The Morgan fingerprint density at radius 3 is 2.62 bits per heavy atom. The van der Waals surface area contributed by atoms with E-state index in [1.54, 1.807) is 12.1 Å². The minimum absolute atomic E-state index is 0. The SMILES string of the molecule is CC=Cc1ccc(O)c(OC)c1.O. The highest BCUT2D eigenvalue weighted by molar-refractivity contribution is 5.55. The number of methoxy groups -OCH3 is 1. The Bertz CT molecular complexity index is 292. The second-order valence-electron chi connectivity index (χ2n) is 2.43. The number of phenols is 1. The first kappa shape index (κ1) is 11.5. The van der Waals surface area contributed by atoms with Crippen molar-refractivity contribution in [2.75, 3.05) is 7.11 Å². The molecule has 72 valence electrons. The van der Waals surface area contributed by atoms with Gasteiger partial charge >= 0.3 is 0 Å². The minimum atomic E-state index is 0. The fourth-order valence-electron chi connectivity index (χ4n) is 0.990. The van der Waals surface area contributed by atoms with Gasteiger partial charge in [-0.05, 0) is 24.6 Å². The van der Waals surface area contributed by atoms with Gasteiger partial charge in [0.15, 0.2) is 11.5 Å². The Hall–Kier alpha value is -1.48. The number of rotatable bonds is 2. The Labute approximate surface area is 77.6 Å². The van der Waals surface area contributed by atoms with E-state index in [1.807, 2.05) is 25.1 Å². The molecule has 0 amide bonds. The zero-order valence-corrected chi connectivity index (χ0v) is 7.74. The number of aromatic hydroxyl groups is 1. The summed E-state index contributed by atoms with van der Waals surface area (Å²) in [6, 6.07) is 5.24. The van der Waals surface area contributed by atoms with Gasteiger partial charge in [-0.2, -0.15) is 0 Å². The quantitative estimate of drug-likeness (QED) is 0.755. The van der Waals surface area contributed by atoms with Gasteiger partial charge in [0.2, 0.25) is 0 Å². The highest BCUT2D eigenvalue weighted by atomic mass is 16.5. The van der Waals surface area contributed by atoms with Crippen LogP contribution in [-0.2, 0) is 0 Å². The van der Waals surface area contributed by atoms with Gasteiger partial charge in [0, 0.05) is 0 Å². The van der Waals surface area contributed by atoms with Crippen LogP contribution in [-0.4, -0.2) is 17.7 Å². The van der Waals surface area contributed by atoms with Gasteiger partial charge in [-0.25, -0.2) is 0 Å². The van der Waals surface area contributed by atoms with Crippen molar-refractivity contribution in [3.63, 3.8) is 0 Å². The number of allylic oxidation sites excluding steroid dienone is 1. The van der Waals surface area contributed by atoms with E-state index in [9.17, 15) is 5.11 Å². The van der Waals surface area contributed by atoms with Crippen LogP contribution >= 0.6 is 0 Å². The number of hydrogen-bond donors (Lipinski definition) is 1. The number of benzene rings is 1. The molecule has 1 rings (SSSR count). The lowest BCUT2D eigenvalue weighted by atomic mass is 10.2. The van der Waals surface area contributed by atoms with Crippen molar-refractivity contribution >= 4 is 6.08 Å². The standard InChI is InChI=1S/C10H12O2.H2O/c1-3-4-8-5-6-9(11)10(7-8)12-2;/h3-7,11H,1-2H3;1H2. The van der Waals surface area contributed by atoms with Crippen LogP contribution in [0.1, 0.15) is 12.5 Å². The molecule has 13 heavy (non-hydrogen) atoms. The van der Waals surface area contributed by atoms with Gasteiger partial charge in [0.1, 0.15) is 0 Å². The molecule has 3 N–H and O–H groups in total. The first-order valence-electron chi connectivity index (χ1n) is 3.77. The fraction of sp³-hybridized carbons (Fsp3) is 0.200. The molecule has 0 aliphatic heterocycles. The molecule has 0 aliphatic rings. The molecule has 0 fully saturated rings. The summed E-state index contributed by atoms with van der Waals surface area (Å²) in [6.45, 7) is 1.94. The highest BCUT2D eigenvalue weighted by Gasteiger charge is 1.99. The second kappa shape index (κ2) is 5.22. The van der Waals surface area contributed by atoms with Crippen LogP contribution in [0.5, 0.6) is 11.5 Å². The third kappa shape index (κ3) is 2.80. The van der Waals surface area contributed by atoms with Crippen molar-refractivity contribution in [3.05, 3.63) is 29.8 Å². The molecule has 1 aromatic carbocycles. The van der Waals surface area contributed by atoms with Crippen LogP contribution in [0.3, 0.4) is 0 Å². The summed E-state index contributed by atoms with van der Waals surface area (Å²) in [4.78, 5) is 0. The fourth-order valence-corrected chi connectivity index (χ4v) is 0.990. The zero-order valence-electron chi connectivity index (χ0n) is 7.74. The highest BCUT2D eigenvalue weighted by Crippen LogP contribution is 2.26. The Morgan fingerprint density at radius 2 is 2.08 bits per heavy atom. The van der Waals surface area contributed by atoms with Crippen molar-refractivity contribution in [3.8, 4) is 11.5 Å². The summed E-state index contributed by atoms with van der Waals surface area (Å²) >= 11 is 0. The molecular weight excluding hydrogens is 168 g/mol. The van der Waals surface area contributed by atoms with E-state index in [0.717, 1.165) is 5.56 Å². The molecule has 0 radical (unpaired) electrons. The van der Waals surface area contributed by atoms with Gasteiger partial charge in [-0.3, -0.25) is 0 Å². The topological polar surface area (TPSA) is 61.0 Å². The summed E-state index contributed by atoms with van der Waals surface area (Å²) in [6.07, 6.45) is 3.88. The summed E-state index contributed by atoms with van der Waals surface area (Å²) in [7, 11) is 1.54. The van der Waals surface area contributed by atoms with E-state index in [0.29, 0.717) is 5.75 Å². The molecule has 0 heterocycles. The van der Waals surface area contributed by atoms with Gasteiger partial charge in [-0.1, -0.05) is 18.2 Å². The van der Waals surface area contributed by atoms with Gasteiger partial charge in [0.05, 0.1) is 7.11 Å². The molecule has 0 aliphatic carbocycles. The van der Waals surface area contributed by atoms with Gasteiger partial charge in [-0.15, -0.1) is 0 Å². The molecule has 0 saturated heterocycles. The van der Waals surface area contributed by atoms with E-state index in [-0.39, 0.29) is 11.2 Å². The van der Waals surface area contributed by atoms with E-state index >= 15 is 0 Å². The maximum absolute atomic E-state index is 9.25. The van der Waals surface area contributed by atoms with Crippen LogP contribution in [0.15, 0.2) is 24.3 Å². The maximum Gasteiger partial charge on any atom is 0.161 e. The van der Waals surface area contributed by atoms with E-state index in [1.165, 1.54) is 7.11 Å². The van der Waals surface area contributed by atoms with Crippen LogP contribution in [0.4, 0.5) is 0 Å². The monoisotopic (exact) mass is 182 g/mol. The number of phenolic OH excluding ortho intramolecular Hbond substituents is 1. The molecular formula is C10H14O3. The first-order chi connectivity index (χ1) is 5.77. The van der Waals surface area contributed by atoms with E-state index in [2.05, 4.69) is 0 Å². The van der Waals surface area contributed by atoms with Gasteiger partial charge < -0.3 is 15.3 Å². The predicted octanol–water partition coefficient (Wildman–Crippen LogP) is 1.61. The molecule has 3 heteroatoms. The lowest BCUT2D eigenvalue weighted by Crippen LogP contribution is -1.83. The average molecular weight is 182 g/mol. The van der Waals surface area contributed by atoms with E-state index in [4.69, 9.17) is 4.74 Å². The third-order valence-corrected chi connectivity index (χ3v) is 1.56. The minimum Gasteiger partial charge on any atom is -0.504 e.